The molecule has 2 N–H and O–H groups in total. The van der Waals surface area contributed by atoms with Crippen LogP contribution >= 0.6 is 0 Å². The first-order valence-corrected chi connectivity index (χ1v) is 7.69. The topological polar surface area (TPSA) is 60.6 Å². The lowest BCUT2D eigenvalue weighted by atomic mass is 10.1. The Morgan fingerprint density at radius 1 is 1.00 bits per heavy atom. The lowest BCUT2D eigenvalue weighted by Crippen LogP contribution is -2.18. The zero-order chi connectivity index (χ0) is 17.1. The van der Waals surface area contributed by atoms with Crippen molar-refractivity contribution in [3.63, 3.8) is 0 Å². The van der Waals surface area contributed by atoms with Crippen LogP contribution in [0.25, 0.3) is 10.9 Å². The first-order chi connectivity index (χ1) is 11.6. The Bertz CT molecular complexity index is 864. The Morgan fingerprint density at radius 2 is 1.79 bits per heavy atom. The third kappa shape index (κ3) is 3.20. The second-order valence-electron chi connectivity index (χ2n) is 5.66. The molecular weight excluding hydrogens is 302 g/mol. The molecule has 0 saturated carbocycles. The van der Waals surface area contributed by atoms with Gasteiger partial charge in [-0.15, -0.1) is 0 Å². The van der Waals surface area contributed by atoms with E-state index in [0.29, 0.717) is 12.2 Å². The molecule has 3 rings (SSSR count). The Balaban J connectivity index is 1.88. The Labute approximate surface area is 141 Å². The lowest BCUT2D eigenvalue weighted by molar-refractivity contribution is 0.391. The van der Waals surface area contributed by atoms with Crippen LogP contribution in [0.3, 0.4) is 0 Å². The minimum atomic E-state index is 0.675. The summed E-state index contributed by atoms with van der Waals surface area (Å²) >= 11 is 0. The monoisotopic (exact) mass is 323 g/mol. The van der Waals surface area contributed by atoms with Crippen LogP contribution in [0.5, 0.6) is 11.5 Å². The van der Waals surface area contributed by atoms with Gasteiger partial charge in [0.05, 0.1) is 19.7 Å². The van der Waals surface area contributed by atoms with Crippen molar-refractivity contribution in [1.82, 2.24) is 4.98 Å². The summed E-state index contributed by atoms with van der Waals surface area (Å²) in [6.07, 6.45) is 0. The molecule has 24 heavy (non-hydrogen) atoms. The molecule has 124 valence electrons. The predicted octanol–water partition coefficient (Wildman–Crippen LogP) is 3.47. The molecule has 1 heterocycles. The average molecular weight is 323 g/mol. The summed E-state index contributed by atoms with van der Waals surface area (Å²) in [7, 11) is 5.31. The Morgan fingerprint density at radius 3 is 2.54 bits per heavy atom. The number of pyridine rings is 1. The Kier molecular flexibility index (Phi) is 4.42. The van der Waals surface area contributed by atoms with Crippen LogP contribution in [0.2, 0.25) is 0 Å². The SMILES string of the molecule is COc1ccc(CN(C)c2ccc3ccc(N)cc3n2)c(OC)c1. The van der Waals surface area contributed by atoms with Gasteiger partial charge in [0.2, 0.25) is 0 Å². The highest BCUT2D eigenvalue weighted by molar-refractivity contribution is 5.83. The normalized spacial score (nSPS) is 10.6. The summed E-state index contributed by atoms with van der Waals surface area (Å²) in [5, 5.41) is 1.07. The molecule has 0 fully saturated rings. The van der Waals surface area contributed by atoms with Crippen LogP contribution in [0.1, 0.15) is 5.56 Å². The number of hydrogen-bond donors (Lipinski definition) is 1. The number of benzene rings is 2. The molecule has 0 aliphatic heterocycles. The summed E-state index contributed by atoms with van der Waals surface area (Å²) < 4.78 is 10.7. The summed E-state index contributed by atoms with van der Waals surface area (Å²) in [5.74, 6) is 2.45. The molecule has 0 spiro atoms. The van der Waals surface area contributed by atoms with Crippen LogP contribution in [0, 0.1) is 0 Å². The predicted molar refractivity (Wildman–Crippen MR) is 97.8 cm³/mol. The van der Waals surface area contributed by atoms with Crippen LogP contribution in [-0.4, -0.2) is 26.3 Å². The maximum Gasteiger partial charge on any atom is 0.129 e. The molecule has 1 aromatic heterocycles. The van der Waals surface area contributed by atoms with E-state index in [1.165, 1.54) is 0 Å². The number of rotatable bonds is 5. The van der Waals surface area contributed by atoms with Gasteiger partial charge < -0.3 is 20.1 Å². The molecule has 0 unspecified atom stereocenters. The van der Waals surface area contributed by atoms with E-state index in [2.05, 4.69) is 11.0 Å². The fourth-order valence-electron chi connectivity index (χ4n) is 2.66. The van der Waals surface area contributed by atoms with Crippen molar-refractivity contribution >= 4 is 22.4 Å². The van der Waals surface area contributed by atoms with Gasteiger partial charge in [0.25, 0.3) is 0 Å². The summed E-state index contributed by atoms with van der Waals surface area (Å²) in [4.78, 5) is 6.78. The molecule has 0 atom stereocenters. The standard InChI is InChI=1S/C19H21N3O2/c1-22(12-14-5-8-16(23-2)11-18(14)24-3)19-9-6-13-4-7-15(20)10-17(13)21-19/h4-11H,12,20H2,1-3H3. The van der Waals surface area contributed by atoms with E-state index in [-0.39, 0.29) is 0 Å². The van der Waals surface area contributed by atoms with E-state index in [1.54, 1.807) is 14.2 Å². The summed E-state index contributed by atoms with van der Waals surface area (Å²) in [5.41, 5.74) is 8.53. The number of fused-ring (bicyclic) bond motifs is 1. The van der Waals surface area contributed by atoms with Gasteiger partial charge in [0, 0.05) is 36.3 Å². The molecule has 0 saturated heterocycles. The van der Waals surface area contributed by atoms with Crippen molar-refractivity contribution < 1.29 is 9.47 Å². The van der Waals surface area contributed by atoms with E-state index in [9.17, 15) is 0 Å². The number of methoxy groups -OCH3 is 2. The fourth-order valence-corrected chi connectivity index (χ4v) is 2.66. The van der Waals surface area contributed by atoms with Gasteiger partial charge in [-0.1, -0.05) is 6.07 Å². The molecule has 0 aliphatic rings. The third-order valence-corrected chi connectivity index (χ3v) is 3.99. The van der Waals surface area contributed by atoms with Crippen molar-refractivity contribution in [3.05, 3.63) is 54.1 Å². The molecule has 3 aromatic rings. The highest BCUT2D eigenvalue weighted by atomic mass is 16.5. The van der Waals surface area contributed by atoms with Crippen molar-refractivity contribution in [2.45, 2.75) is 6.54 Å². The number of anilines is 2. The van der Waals surface area contributed by atoms with E-state index in [0.717, 1.165) is 33.8 Å². The smallest absolute Gasteiger partial charge is 0.129 e. The molecular formula is C19H21N3O2. The second-order valence-corrected chi connectivity index (χ2v) is 5.66. The number of hydrogen-bond acceptors (Lipinski definition) is 5. The van der Waals surface area contributed by atoms with Gasteiger partial charge in [-0.3, -0.25) is 0 Å². The summed E-state index contributed by atoms with van der Waals surface area (Å²) in [6.45, 7) is 0.675. The minimum absolute atomic E-state index is 0.675. The van der Waals surface area contributed by atoms with Crippen molar-refractivity contribution in [2.24, 2.45) is 0 Å². The lowest BCUT2D eigenvalue weighted by Gasteiger charge is -2.20. The van der Waals surface area contributed by atoms with Crippen LogP contribution in [0.4, 0.5) is 11.5 Å². The largest absolute Gasteiger partial charge is 0.497 e. The molecule has 0 bridgehead atoms. The minimum Gasteiger partial charge on any atom is -0.497 e. The summed E-state index contributed by atoms with van der Waals surface area (Å²) in [6, 6.07) is 15.6. The molecule has 0 radical (unpaired) electrons. The van der Waals surface area contributed by atoms with Gasteiger partial charge in [-0.2, -0.15) is 0 Å². The van der Waals surface area contributed by atoms with Gasteiger partial charge in [-0.05, 0) is 36.4 Å². The number of nitrogens with two attached hydrogens (primary N) is 1. The van der Waals surface area contributed by atoms with Crippen LogP contribution in [-0.2, 0) is 6.54 Å². The van der Waals surface area contributed by atoms with Gasteiger partial charge in [-0.25, -0.2) is 4.98 Å². The highest BCUT2D eigenvalue weighted by Gasteiger charge is 2.10. The van der Waals surface area contributed by atoms with Crippen molar-refractivity contribution in [1.29, 1.82) is 0 Å². The van der Waals surface area contributed by atoms with Crippen molar-refractivity contribution in [2.75, 3.05) is 31.9 Å². The van der Waals surface area contributed by atoms with Crippen LogP contribution < -0.4 is 20.1 Å². The number of nitrogen functional groups attached to an aromatic ring is 1. The fraction of sp³-hybridized carbons (Fsp3) is 0.211. The third-order valence-electron chi connectivity index (χ3n) is 3.99. The first-order valence-electron chi connectivity index (χ1n) is 7.69. The molecule has 2 aromatic carbocycles. The van der Waals surface area contributed by atoms with E-state index >= 15 is 0 Å². The molecule has 0 amide bonds. The highest BCUT2D eigenvalue weighted by Crippen LogP contribution is 2.27. The zero-order valence-electron chi connectivity index (χ0n) is 14.1. The molecule has 5 nitrogen and oxygen atoms in total. The van der Waals surface area contributed by atoms with Gasteiger partial charge in [0.1, 0.15) is 17.3 Å². The van der Waals surface area contributed by atoms with E-state index in [4.69, 9.17) is 20.2 Å². The van der Waals surface area contributed by atoms with Crippen LogP contribution in [0.15, 0.2) is 48.5 Å². The van der Waals surface area contributed by atoms with Gasteiger partial charge >= 0.3 is 0 Å². The van der Waals surface area contributed by atoms with E-state index < -0.39 is 0 Å². The number of aromatic nitrogens is 1. The quantitative estimate of drug-likeness (QED) is 0.729. The Hall–Kier alpha value is -2.95. The average Bonchev–Trinajstić information content (AvgIpc) is 2.61. The second kappa shape index (κ2) is 6.66. The maximum atomic E-state index is 5.86. The first kappa shape index (κ1) is 15.9. The molecule has 5 heteroatoms. The van der Waals surface area contributed by atoms with E-state index in [1.807, 2.05) is 49.5 Å². The maximum absolute atomic E-state index is 5.86. The van der Waals surface area contributed by atoms with Gasteiger partial charge in [0.15, 0.2) is 0 Å². The van der Waals surface area contributed by atoms with Crippen molar-refractivity contribution in [3.8, 4) is 11.5 Å². The number of nitrogens with zero attached hydrogens (tertiary/aromatic N) is 2. The number of ether oxygens (including phenoxy) is 2. The molecule has 0 aliphatic carbocycles. The zero-order valence-corrected chi connectivity index (χ0v) is 14.1.